The van der Waals surface area contributed by atoms with Gasteiger partial charge in [-0.2, -0.15) is 0 Å². The molecule has 7 heteroatoms. The molecule has 172 valence electrons. The van der Waals surface area contributed by atoms with Crippen LogP contribution in [0.2, 0.25) is 0 Å². The number of aryl methyl sites for hydroxylation is 2. The van der Waals surface area contributed by atoms with E-state index in [0.717, 1.165) is 47.7 Å². The summed E-state index contributed by atoms with van der Waals surface area (Å²) in [6.07, 6.45) is 5.43. The fourth-order valence-electron chi connectivity index (χ4n) is 6.32. The number of furan rings is 1. The third-order valence-corrected chi connectivity index (χ3v) is 8.04. The van der Waals surface area contributed by atoms with Crippen LogP contribution in [0, 0.1) is 25.7 Å². The first-order valence-electron chi connectivity index (χ1n) is 11.9. The summed E-state index contributed by atoms with van der Waals surface area (Å²) in [5, 5.41) is 1.81. The maximum atomic E-state index is 13.3. The van der Waals surface area contributed by atoms with Crippen LogP contribution in [0.4, 0.5) is 0 Å². The van der Waals surface area contributed by atoms with Crippen molar-refractivity contribution in [1.82, 2.24) is 9.80 Å². The van der Waals surface area contributed by atoms with Gasteiger partial charge in [0.1, 0.15) is 11.2 Å². The second kappa shape index (κ2) is 7.47. The Balaban J connectivity index is 1.28. The van der Waals surface area contributed by atoms with Gasteiger partial charge >= 0.3 is 5.63 Å². The van der Waals surface area contributed by atoms with Gasteiger partial charge in [0.15, 0.2) is 0 Å². The van der Waals surface area contributed by atoms with Crippen molar-refractivity contribution in [3.63, 3.8) is 0 Å². The lowest BCUT2D eigenvalue weighted by Gasteiger charge is -2.52. The molecular weight excluding hydrogens is 420 g/mol. The van der Waals surface area contributed by atoms with Crippen LogP contribution in [0.3, 0.4) is 0 Å². The molecule has 33 heavy (non-hydrogen) atoms. The Bertz CT molecular complexity index is 1350. The van der Waals surface area contributed by atoms with E-state index >= 15 is 0 Å². The number of hydrogen-bond donors (Lipinski definition) is 0. The third-order valence-electron chi connectivity index (χ3n) is 8.04. The van der Waals surface area contributed by atoms with Gasteiger partial charge < -0.3 is 18.6 Å². The van der Waals surface area contributed by atoms with Crippen LogP contribution in [0.5, 0.6) is 0 Å². The second-order valence-corrected chi connectivity index (χ2v) is 10.1. The van der Waals surface area contributed by atoms with Crippen LogP contribution in [0.25, 0.3) is 21.9 Å². The highest BCUT2D eigenvalue weighted by Gasteiger charge is 2.44. The molecule has 0 N–H and O–H groups in total. The number of rotatable bonds is 2. The van der Waals surface area contributed by atoms with E-state index in [1.54, 1.807) is 12.3 Å². The first-order valence-corrected chi connectivity index (χ1v) is 11.9. The van der Waals surface area contributed by atoms with Gasteiger partial charge in [-0.3, -0.25) is 9.59 Å². The van der Waals surface area contributed by atoms with E-state index in [2.05, 4.69) is 4.90 Å². The molecule has 3 fully saturated rings. The first kappa shape index (κ1) is 20.5. The normalized spacial score (nSPS) is 25.0. The average molecular weight is 449 g/mol. The molecule has 7 nitrogen and oxygen atoms in total. The Hall–Kier alpha value is -3.09. The number of nitrogens with zero attached hydrogens (tertiary/aromatic N) is 2. The number of hydrogen-bond acceptors (Lipinski definition) is 5. The summed E-state index contributed by atoms with van der Waals surface area (Å²) >= 11 is 0. The average Bonchev–Trinajstić information content (AvgIpc) is 3.15. The Kier molecular flexibility index (Phi) is 4.64. The molecular formula is C26H28N2O5. The van der Waals surface area contributed by atoms with E-state index in [1.807, 2.05) is 24.8 Å². The number of carbonyl (C=O) groups is 2. The van der Waals surface area contributed by atoms with E-state index in [0.29, 0.717) is 48.1 Å². The summed E-state index contributed by atoms with van der Waals surface area (Å²) < 4.78 is 11.1. The van der Waals surface area contributed by atoms with Gasteiger partial charge in [-0.15, -0.1) is 0 Å². The predicted octanol–water partition coefficient (Wildman–Crippen LogP) is 3.56. The van der Waals surface area contributed by atoms with Crippen molar-refractivity contribution >= 4 is 33.8 Å². The molecule has 3 aromatic rings. The summed E-state index contributed by atoms with van der Waals surface area (Å²) in [5.41, 5.74) is 2.94. The number of benzene rings is 1. The fourth-order valence-corrected chi connectivity index (χ4v) is 6.32. The van der Waals surface area contributed by atoms with Gasteiger partial charge in [0, 0.05) is 48.9 Å². The molecule has 0 radical (unpaired) electrons. The zero-order valence-electron chi connectivity index (χ0n) is 19.1. The smallest absolute Gasteiger partial charge is 0.340 e. The molecule has 3 aliphatic heterocycles. The van der Waals surface area contributed by atoms with Crippen molar-refractivity contribution in [2.75, 3.05) is 19.6 Å². The zero-order valence-corrected chi connectivity index (χ0v) is 19.1. The molecule has 6 rings (SSSR count). The molecule has 3 saturated heterocycles. The van der Waals surface area contributed by atoms with Gasteiger partial charge in [-0.1, -0.05) is 0 Å². The Morgan fingerprint density at radius 3 is 2.79 bits per heavy atom. The minimum absolute atomic E-state index is 0.0318. The molecule has 3 aliphatic rings. The monoisotopic (exact) mass is 448 g/mol. The Labute approximate surface area is 191 Å². The molecule has 0 saturated carbocycles. The molecule has 3 atom stereocenters. The van der Waals surface area contributed by atoms with Crippen LogP contribution in [-0.4, -0.2) is 47.3 Å². The topological polar surface area (TPSA) is 84.0 Å². The van der Waals surface area contributed by atoms with Crippen LogP contribution in [0.1, 0.15) is 42.4 Å². The number of likely N-dealkylation sites (tertiary alicyclic amines) is 1. The number of piperidine rings is 3. The van der Waals surface area contributed by atoms with E-state index in [4.69, 9.17) is 8.83 Å². The second-order valence-electron chi connectivity index (χ2n) is 10.1. The van der Waals surface area contributed by atoms with Crippen molar-refractivity contribution in [3.8, 4) is 0 Å². The van der Waals surface area contributed by atoms with Gasteiger partial charge in [0.2, 0.25) is 11.8 Å². The molecule has 0 unspecified atom stereocenters. The minimum Gasteiger partial charge on any atom is -0.464 e. The van der Waals surface area contributed by atoms with E-state index in [9.17, 15) is 14.4 Å². The lowest BCUT2D eigenvalue weighted by atomic mass is 9.76. The maximum absolute atomic E-state index is 13.3. The van der Waals surface area contributed by atoms with Gasteiger partial charge in [-0.25, -0.2) is 4.79 Å². The van der Waals surface area contributed by atoms with E-state index < -0.39 is 5.63 Å². The standard InChI is InChI=1S/C26H28N2O5/c1-14-13-32-22-9-23-19(7-18(14)22)15(2)20(26(31)33-23)8-25(30)27-10-16-6-17(12-27)21-4-3-5-24(29)28(21)11-16/h7,9,13,16-17,21H,3-6,8,10-12H2,1-2H3/t16-,17+,21-/m1/s1. The third kappa shape index (κ3) is 3.28. The van der Waals surface area contributed by atoms with Crippen molar-refractivity contribution < 1.29 is 18.4 Å². The Morgan fingerprint density at radius 2 is 1.94 bits per heavy atom. The van der Waals surface area contributed by atoms with Gasteiger partial charge in [0.05, 0.1) is 18.2 Å². The van der Waals surface area contributed by atoms with E-state index in [1.165, 1.54) is 0 Å². The molecule has 0 spiro atoms. The lowest BCUT2D eigenvalue weighted by Crippen LogP contribution is -2.61. The van der Waals surface area contributed by atoms with Crippen LogP contribution < -0.4 is 5.63 Å². The lowest BCUT2D eigenvalue weighted by molar-refractivity contribution is -0.148. The summed E-state index contributed by atoms with van der Waals surface area (Å²) in [6.45, 7) is 5.93. The first-order chi connectivity index (χ1) is 15.9. The number of carbonyl (C=O) groups excluding carboxylic acids is 2. The highest BCUT2D eigenvalue weighted by atomic mass is 16.4. The molecule has 2 amide bonds. The highest BCUT2D eigenvalue weighted by Crippen LogP contribution is 2.38. The van der Waals surface area contributed by atoms with Crippen LogP contribution in [0.15, 0.2) is 32.0 Å². The van der Waals surface area contributed by atoms with Crippen molar-refractivity contribution in [2.24, 2.45) is 11.8 Å². The minimum atomic E-state index is -0.461. The predicted molar refractivity (Wildman–Crippen MR) is 123 cm³/mol. The molecule has 2 bridgehead atoms. The summed E-state index contributed by atoms with van der Waals surface area (Å²) in [6, 6.07) is 3.99. The summed E-state index contributed by atoms with van der Waals surface area (Å²) in [4.78, 5) is 42.5. The maximum Gasteiger partial charge on any atom is 0.340 e. The quantitative estimate of drug-likeness (QED) is 0.560. The van der Waals surface area contributed by atoms with Crippen LogP contribution in [-0.2, 0) is 16.0 Å². The van der Waals surface area contributed by atoms with E-state index in [-0.39, 0.29) is 24.3 Å². The largest absolute Gasteiger partial charge is 0.464 e. The van der Waals surface area contributed by atoms with Crippen molar-refractivity contribution in [1.29, 1.82) is 0 Å². The van der Waals surface area contributed by atoms with Gasteiger partial charge in [-0.05, 0) is 62.1 Å². The van der Waals surface area contributed by atoms with Crippen LogP contribution >= 0.6 is 0 Å². The molecule has 1 aromatic carbocycles. The SMILES string of the molecule is Cc1coc2cc3oc(=O)c(CC(=O)N4C[C@H]5C[C@@H](C4)[C@H]4CCCC(=O)N4C5)c(C)c3cc12. The number of fused-ring (bicyclic) bond motifs is 6. The fraction of sp³-hybridized carbons (Fsp3) is 0.500. The van der Waals surface area contributed by atoms with Gasteiger partial charge in [0.25, 0.3) is 0 Å². The summed E-state index contributed by atoms with van der Waals surface area (Å²) in [5.74, 6) is 0.886. The zero-order chi connectivity index (χ0) is 22.9. The molecule has 2 aromatic heterocycles. The van der Waals surface area contributed by atoms with Crippen molar-refractivity contribution in [2.45, 2.75) is 52.0 Å². The summed E-state index contributed by atoms with van der Waals surface area (Å²) in [7, 11) is 0. The molecule has 5 heterocycles. The molecule has 0 aliphatic carbocycles. The Morgan fingerprint density at radius 1 is 1.09 bits per heavy atom. The number of amides is 2. The highest BCUT2D eigenvalue weighted by molar-refractivity contribution is 5.96. The van der Waals surface area contributed by atoms with Crippen molar-refractivity contribution in [3.05, 3.63) is 45.5 Å².